The molecule has 0 atom stereocenters. The number of carbonyl (C=O) groups excluding carboxylic acids is 1. The average molecular weight is 435 g/mol. The Labute approximate surface area is 176 Å². The van der Waals surface area contributed by atoms with Crippen LogP contribution in [0.4, 0.5) is 23.2 Å². The molecule has 0 spiro atoms. The zero-order valence-electron chi connectivity index (χ0n) is 16.5. The molecule has 5 nitrogen and oxygen atoms in total. The van der Waals surface area contributed by atoms with Crippen molar-refractivity contribution in [2.45, 2.75) is 44.3 Å². The number of benzene rings is 2. The topological polar surface area (TPSA) is 56.2 Å². The summed E-state index contributed by atoms with van der Waals surface area (Å²) in [7, 11) is 0. The number of carbonyl (C=O) groups is 1. The van der Waals surface area contributed by atoms with Gasteiger partial charge in [-0.25, -0.2) is 13.8 Å². The first kappa shape index (κ1) is 21.3. The van der Waals surface area contributed by atoms with Crippen LogP contribution in [0.1, 0.15) is 30.1 Å². The van der Waals surface area contributed by atoms with E-state index in [-0.39, 0.29) is 19.1 Å². The van der Waals surface area contributed by atoms with Gasteiger partial charge in [0.1, 0.15) is 19.0 Å². The van der Waals surface area contributed by atoms with Gasteiger partial charge in [-0.15, -0.1) is 0 Å². The van der Waals surface area contributed by atoms with Crippen LogP contribution in [0.25, 0.3) is 11.0 Å². The second-order valence-electron chi connectivity index (χ2n) is 7.62. The Morgan fingerprint density at radius 2 is 1.97 bits per heavy atom. The summed E-state index contributed by atoms with van der Waals surface area (Å²) in [5.41, 5.74) is 2.68. The number of ether oxygens (including phenoxy) is 1. The summed E-state index contributed by atoms with van der Waals surface area (Å²) in [6.45, 7) is -1.56. The van der Waals surface area contributed by atoms with E-state index in [2.05, 4.69) is 10.3 Å². The van der Waals surface area contributed by atoms with Gasteiger partial charge in [-0.3, -0.25) is 4.79 Å². The van der Waals surface area contributed by atoms with Crippen LogP contribution in [-0.2, 0) is 22.7 Å². The molecule has 0 unspecified atom stereocenters. The maximum absolute atomic E-state index is 12.9. The number of nitrogens with one attached hydrogen (secondary N) is 1. The van der Waals surface area contributed by atoms with Gasteiger partial charge in [0, 0.05) is 11.6 Å². The number of rotatable bonds is 9. The van der Waals surface area contributed by atoms with Crippen molar-refractivity contribution in [1.82, 2.24) is 9.55 Å². The number of nitrogens with zero attached hydrogens (tertiary/aromatic N) is 2. The monoisotopic (exact) mass is 435 g/mol. The second kappa shape index (κ2) is 8.66. The predicted molar refractivity (Wildman–Crippen MR) is 107 cm³/mol. The third kappa shape index (κ3) is 5.04. The van der Waals surface area contributed by atoms with Gasteiger partial charge < -0.3 is 14.6 Å². The van der Waals surface area contributed by atoms with Crippen LogP contribution < -0.4 is 5.32 Å². The lowest BCUT2D eigenvalue weighted by molar-refractivity contribution is -0.168. The van der Waals surface area contributed by atoms with Crippen LogP contribution in [0.15, 0.2) is 48.5 Å². The molecule has 2 aromatic carbocycles. The molecule has 9 heteroatoms. The first-order chi connectivity index (χ1) is 14.8. The van der Waals surface area contributed by atoms with Crippen molar-refractivity contribution in [2.75, 3.05) is 11.9 Å². The Morgan fingerprint density at radius 1 is 1.19 bits per heavy atom. The van der Waals surface area contributed by atoms with Crippen molar-refractivity contribution < 1.29 is 27.1 Å². The first-order valence-corrected chi connectivity index (χ1v) is 9.91. The SMILES string of the molecule is O=C(Cn1c(C2CC2)nc2ccccc21)Nc1cccc(COCC(F)(F)C(F)F)c1. The molecular weight excluding hydrogens is 414 g/mol. The highest BCUT2D eigenvalue weighted by atomic mass is 19.3. The van der Waals surface area contributed by atoms with Gasteiger partial charge in [0.05, 0.1) is 17.6 Å². The Morgan fingerprint density at radius 3 is 2.71 bits per heavy atom. The molecule has 31 heavy (non-hydrogen) atoms. The predicted octanol–water partition coefficient (Wildman–Crippen LogP) is 4.97. The van der Waals surface area contributed by atoms with E-state index in [0.29, 0.717) is 17.2 Å². The molecule has 4 rings (SSSR count). The summed E-state index contributed by atoms with van der Waals surface area (Å²) < 4.78 is 56.9. The standard InChI is InChI=1S/C22H21F4N3O2/c23-21(24)22(25,26)13-31-12-14-4-3-5-16(10-14)27-19(30)11-29-18-7-2-1-6-17(18)28-20(29)15-8-9-15/h1-7,10,15,21H,8-9,11-13H2,(H,27,30). The molecule has 1 aromatic heterocycles. The molecule has 1 aliphatic carbocycles. The van der Waals surface area contributed by atoms with Gasteiger partial charge in [-0.2, -0.15) is 8.78 Å². The fraction of sp³-hybridized carbons (Fsp3) is 0.364. The molecule has 0 bridgehead atoms. The molecule has 1 aliphatic rings. The van der Waals surface area contributed by atoms with Crippen molar-refractivity contribution in [3.8, 4) is 0 Å². The van der Waals surface area contributed by atoms with Crippen LogP contribution in [0.2, 0.25) is 0 Å². The van der Waals surface area contributed by atoms with Gasteiger partial charge >= 0.3 is 12.3 Å². The minimum atomic E-state index is -4.20. The van der Waals surface area contributed by atoms with E-state index < -0.39 is 19.0 Å². The smallest absolute Gasteiger partial charge is 0.330 e. The lowest BCUT2D eigenvalue weighted by Crippen LogP contribution is -2.32. The molecular formula is C22H21F4N3O2. The maximum atomic E-state index is 12.9. The Balaban J connectivity index is 1.40. The molecule has 3 aromatic rings. The fourth-order valence-electron chi connectivity index (χ4n) is 3.36. The lowest BCUT2D eigenvalue weighted by Gasteiger charge is -2.15. The zero-order chi connectivity index (χ0) is 22.0. The van der Waals surface area contributed by atoms with Crippen molar-refractivity contribution in [1.29, 1.82) is 0 Å². The van der Waals surface area contributed by atoms with Crippen molar-refractivity contribution in [3.05, 3.63) is 59.9 Å². The van der Waals surface area contributed by atoms with E-state index >= 15 is 0 Å². The molecule has 1 saturated carbocycles. The number of amides is 1. The van der Waals surface area contributed by atoms with Crippen molar-refractivity contribution in [3.63, 3.8) is 0 Å². The molecule has 1 heterocycles. The third-order valence-electron chi connectivity index (χ3n) is 5.02. The van der Waals surface area contributed by atoms with Gasteiger partial charge in [0.25, 0.3) is 0 Å². The summed E-state index contributed by atoms with van der Waals surface area (Å²) in [5.74, 6) is -3.18. The van der Waals surface area contributed by atoms with Crippen LogP contribution >= 0.6 is 0 Å². The zero-order valence-corrected chi connectivity index (χ0v) is 16.5. The number of fused-ring (bicyclic) bond motifs is 1. The van der Waals surface area contributed by atoms with E-state index in [4.69, 9.17) is 4.74 Å². The highest BCUT2D eigenvalue weighted by molar-refractivity contribution is 5.91. The Kier molecular flexibility index (Phi) is 5.95. The summed E-state index contributed by atoms with van der Waals surface area (Å²) in [6.07, 6.45) is -1.67. The summed E-state index contributed by atoms with van der Waals surface area (Å²) in [6, 6.07) is 14.1. The summed E-state index contributed by atoms with van der Waals surface area (Å²) >= 11 is 0. The number of halogens is 4. The number of hydrogen-bond donors (Lipinski definition) is 1. The summed E-state index contributed by atoms with van der Waals surface area (Å²) in [5, 5.41) is 2.79. The summed E-state index contributed by atoms with van der Waals surface area (Å²) in [4.78, 5) is 17.3. The highest BCUT2D eigenvalue weighted by Gasteiger charge is 2.40. The Hall–Kier alpha value is -2.94. The molecule has 164 valence electrons. The second-order valence-corrected chi connectivity index (χ2v) is 7.62. The van der Waals surface area contributed by atoms with Crippen molar-refractivity contribution >= 4 is 22.6 Å². The van der Waals surface area contributed by atoms with E-state index in [0.717, 1.165) is 29.7 Å². The number of hydrogen-bond acceptors (Lipinski definition) is 3. The van der Waals surface area contributed by atoms with Gasteiger partial charge in [-0.1, -0.05) is 24.3 Å². The van der Waals surface area contributed by atoms with Gasteiger partial charge in [0.2, 0.25) is 5.91 Å². The normalized spacial score (nSPS) is 14.4. The lowest BCUT2D eigenvalue weighted by atomic mass is 10.2. The van der Waals surface area contributed by atoms with E-state index in [1.807, 2.05) is 28.8 Å². The molecule has 1 amide bonds. The van der Waals surface area contributed by atoms with E-state index in [9.17, 15) is 22.4 Å². The molecule has 0 radical (unpaired) electrons. The first-order valence-electron chi connectivity index (χ1n) is 9.91. The number of imidazole rings is 1. The molecule has 0 aliphatic heterocycles. The van der Waals surface area contributed by atoms with Crippen LogP contribution in [0.5, 0.6) is 0 Å². The highest BCUT2D eigenvalue weighted by Crippen LogP contribution is 2.40. The van der Waals surface area contributed by atoms with E-state index in [1.165, 1.54) is 0 Å². The minimum Gasteiger partial charge on any atom is -0.370 e. The van der Waals surface area contributed by atoms with E-state index in [1.54, 1.807) is 24.3 Å². The van der Waals surface area contributed by atoms with Crippen LogP contribution in [0, 0.1) is 0 Å². The minimum absolute atomic E-state index is 0.0910. The molecule has 0 saturated heterocycles. The van der Waals surface area contributed by atoms with Gasteiger partial charge in [-0.05, 0) is 42.7 Å². The van der Waals surface area contributed by atoms with Crippen molar-refractivity contribution in [2.24, 2.45) is 0 Å². The molecule has 1 fully saturated rings. The van der Waals surface area contributed by atoms with Crippen LogP contribution in [0.3, 0.4) is 0 Å². The largest absolute Gasteiger partial charge is 0.370 e. The van der Waals surface area contributed by atoms with Gasteiger partial charge in [0.15, 0.2) is 0 Å². The molecule has 1 N–H and O–H groups in total. The average Bonchev–Trinajstić information content (AvgIpc) is 3.51. The van der Waals surface area contributed by atoms with Crippen LogP contribution in [-0.4, -0.2) is 34.4 Å². The number of alkyl halides is 4. The quantitative estimate of drug-likeness (QED) is 0.483. The number of para-hydroxylation sites is 2. The number of anilines is 1. The third-order valence-corrected chi connectivity index (χ3v) is 5.02. The fourth-order valence-corrected chi connectivity index (χ4v) is 3.36. The number of aromatic nitrogens is 2. The maximum Gasteiger partial charge on any atom is 0.330 e. The Bertz CT molecular complexity index is 1080.